The summed E-state index contributed by atoms with van der Waals surface area (Å²) in [5.74, 6) is 0.432. The smallest absolute Gasteiger partial charge is 0.134 e. The molecule has 0 N–H and O–H groups in total. The number of nitrogens with zero attached hydrogens (tertiary/aromatic N) is 1. The summed E-state index contributed by atoms with van der Waals surface area (Å²) in [6, 6.07) is 21.9. The van der Waals surface area contributed by atoms with E-state index in [4.69, 9.17) is 0 Å². The topological polar surface area (TPSA) is 20.3 Å². The van der Waals surface area contributed by atoms with Crippen LogP contribution in [0.25, 0.3) is 0 Å². The zero-order valence-corrected chi connectivity index (χ0v) is 13.4. The Bertz CT molecular complexity index is 682. The Hall–Kier alpha value is -1.93. The number of fused-ring (bicyclic) bond motifs is 1. The van der Waals surface area contributed by atoms with E-state index >= 15 is 0 Å². The summed E-state index contributed by atoms with van der Waals surface area (Å²) in [7, 11) is 0. The summed E-state index contributed by atoms with van der Waals surface area (Å²) in [4.78, 5) is 14.7. The van der Waals surface area contributed by atoms with Gasteiger partial charge in [0.05, 0.1) is 0 Å². The molecule has 0 radical (unpaired) electrons. The lowest BCUT2D eigenvalue weighted by Gasteiger charge is -2.42. The minimum atomic E-state index is 0.171. The fraction of sp³-hybridized carbons (Fsp3) is 0.381. The summed E-state index contributed by atoms with van der Waals surface area (Å²) in [5.41, 5.74) is 2.94. The maximum absolute atomic E-state index is 12.2. The number of hydrogen-bond acceptors (Lipinski definition) is 2. The van der Waals surface area contributed by atoms with Crippen molar-refractivity contribution < 1.29 is 4.79 Å². The van der Waals surface area contributed by atoms with Gasteiger partial charge < -0.3 is 0 Å². The summed E-state index contributed by atoms with van der Waals surface area (Å²) >= 11 is 0. The molecule has 2 aromatic rings. The molecule has 0 spiro atoms. The van der Waals surface area contributed by atoms with E-state index in [-0.39, 0.29) is 5.41 Å². The second-order valence-corrected chi connectivity index (χ2v) is 6.99. The lowest BCUT2D eigenvalue weighted by molar-refractivity contribution is -0.123. The standard InChI is InChI=1S/C21H23NO/c23-19-11-12-21(18-9-5-2-6-10-18)13-14-22(20(21)15-19)16-17-7-3-1-4-8-17/h1-10,20H,11-16H2/t20-,21-/m1/s1. The Morgan fingerprint density at radius 2 is 1.65 bits per heavy atom. The molecule has 0 amide bonds. The molecule has 2 nitrogen and oxygen atoms in total. The molecule has 4 rings (SSSR count). The van der Waals surface area contributed by atoms with E-state index in [1.807, 2.05) is 0 Å². The van der Waals surface area contributed by atoms with Crippen LogP contribution in [0, 0.1) is 0 Å². The molecule has 1 heterocycles. The number of likely N-dealkylation sites (tertiary alicyclic amines) is 1. The molecular weight excluding hydrogens is 282 g/mol. The third kappa shape index (κ3) is 2.61. The summed E-state index contributed by atoms with van der Waals surface area (Å²) in [6.45, 7) is 2.04. The Morgan fingerprint density at radius 1 is 0.957 bits per heavy atom. The van der Waals surface area contributed by atoms with Crippen molar-refractivity contribution in [3.63, 3.8) is 0 Å². The van der Waals surface area contributed by atoms with Crippen LogP contribution in [0.5, 0.6) is 0 Å². The highest BCUT2D eigenvalue weighted by molar-refractivity contribution is 5.81. The largest absolute Gasteiger partial charge is 0.300 e. The number of ketones is 1. The SMILES string of the molecule is O=C1CC[C@]2(c3ccccc3)CCN(Cc3ccccc3)[C@@H]2C1. The lowest BCUT2D eigenvalue weighted by Crippen LogP contribution is -2.47. The molecule has 0 aromatic heterocycles. The van der Waals surface area contributed by atoms with Gasteiger partial charge in [-0.25, -0.2) is 0 Å². The van der Waals surface area contributed by atoms with Crippen molar-refractivity contribution in [1.29, 1.82) is 0 Å². The Kier molecular flexibility index (Phi) is 3.78. The van der Waals surface area contributed by atoms with Gasteiger partial charge in [0.1, 0.15) is 5.78 Å². The maximum Gasteiger partial charge on any atom is 0.134 e. The molecule has 23 heavy (non-hydrogen) atoms. The number of carbonyl (C=O) groups is 1. The summed E-state index contributed by atoms with van der Waals surface area (Å²) in [5, 5.41) is 0. The molecule has 2 heteroatoms. The van der Waals surface area contributed by atoms with Crippen molar-refractivity contribution in [1.82, 2.24) is 4.90 Å². The zero-order chi connectivity index (χ0) is 15.7. The van der Waals surface area contributed by atoms with E-state index in [0.717, 1.165) is 25.9 Å². The molecule has 1 saturated carbocycles. The van der Waals surface area contributed by atoms with Crippen molar-refractivity contribution in [3.8, 4) is 0 Å². The molecule has 2 fully saturated rings. The van der Waals surface area contributed by atoms with Crippen LogP contribution in [-0.2, 0) is 16.8 Å². The average Bonchev–Trinajstić information content (AvgIpc) is 2.96. The van der Waals surface area contributed by atoms with Gasteiger partial charge in [-0.3, -0.25) is 9.69 Å². The van der Waals surface area contributed by atoms with E-state index in [1.165, 1.54) is 17.5 Å². The van der Waals surface area contributed by atoms with Gasteiger partial charge in [0.2, 0.25) is 0 Å². The molecule has 0 unspecified atom stereocenters. The van der Waals surface area contributed by atoms with Gasteiger partial charge in [0.25, 0.3) is 0 Å². The summed E-state index contributed by atoms with van der Waals surface area (Å²) in [6.07, 6.45) is 3.62. The highest BCUT2D eigenvalue weighted by Crippen LogP contribution is 2.48. The van der Waals surface area contributed by atoms with Crippen LogP contribution in [0.4, 0.5) is 0 Å². The minimum absolute atomic E-state index is 0.171. The molecule has 1 saturated heterocycles. The van der Waals surface area contributed by atoms with Crippen molar-refractivity contribution in [2.45, 2.75) is 43.7 Å². The first-order valence-electron chi connectivity index (χ1n) is 8.63. The minimum Gasteiger partial charge on any atom is -0.300 e. The van der Waals surface area contributed by atoms with Crippen LogP contribution in [-0.4, -0.2) is 23.3 Å². The molecule has 1 aliphatic carbocycles. The Morgan fingerprint density at radius 3 is 2.39 bits per heavy atom. The third-order valence-electron chi connectivity index (χ3n) is 5.77. The van der Waals surface area contributed by atoms with Crippen LogP contribution in [0.2, 0.25) is 0 Å². The normalized spacial score (nSPS) is 27.8. The number of rotatable bonds is 3. The molecule has 2 aliphatic rings. The van der Waals surface area contributed by atoms with E-state index in [2.05, 4.69) is 65.6 Å². The number of carbonyl (C=O) groups excluding carboxylic acids is 1. The van der Waals surface area contributed by atoms with Gasteiger partial charge in [-0.2, -0.15) is 0 Å². The quantitative estimate of drug-likeness (QED) is 0.855. The third-order valence-corrected chi connectivity index (χ3v) is 5.77. The van der Waals surface area contributed by atoms with Crippen LogP contribution in [0.15, 0.2) is 60.7 Å². The lowest BCUT2D eigenvalue weighted by atomic mass is 9.66. The first-order chi connectivity index (χ1) is 11.3. The van der Waals surface area contributed by atoms with Crippen LogP contribution < -0.4 is 0 Å². The number of Topliss-reactive ketones (excluding diaryl/α,β-unsaturated/α-hetero) is 1. The average molecular weight is 305 g/mol. The van der Waals surface area contributed by atoms with E-state index < -0.39 is 0 Å². The summed E-state index contributed by atoms with van der Waals surface area (Å²) < 4.78 is 0. The van der Waals surface area contributed by atoms with Gasteiger partial charge in [-0.1, -0.05) is 60.7 Å². The number of hydrogen-bond donors (Lipinski definition) is 0. The molecule has 2 atom stereocenters. The van der Waals surface area contributed by atoms with Gasteiger partial charge >= 0.3 is 0 Å². The Balaban J connectivity index is 1.65. The van der Waals surface area contributed by atoms with Crippen molar-refractivity contribution in [3.05, 3.63) is 71.8 Å². The van der Waals surface area contributed by atoms with Crippen molar-refractivity contribution in [2.24, 2.45) is 0 Å². The highest BCUT2D eigenvalue weighted by Gasteiger charge is 2.50. The fourth-order valence-electron chi connectivity index (χ4n) is 4.57. The predicted octanol–water partition coefficient (Wildman–Crippen LogP) is 3.95. The van der Waals surface area contributed by atoms with E-state index in [0.29, 0.717) is 18.2 Å². The van der Waals surface area contributed by atoms with E-state index in [1.54, 1.807) is 0 Å². The predicted molar refractivity (Wildman–Crippen MR) is 92.2 cm³/mol. The van der Waals surface area contributed by atoms with Gasteiger partial charge in [-0.05, 0) is 30.5 Å². The van der Waals surface area contributed by atoms with Crippen molar-refractivity contribution >= 4 is 5.78 Å². The molecular formula is C21H23NO. The van der Waals surface area contributed by atoms with Crippen LogP contribution in [0.3, 0.4) is 0 Å². The van der Waals surface area contributed by atoms with Gasteiger partial charge in [0, 0.05) is 30.8 Å². The van der Waals surface area contributed by atoms with Gasteiger partial charge in [0.15, 0.2) is 0 Å². The van der Waals surface area contributed by atoms with E-state index in [9.17, 15) is 4.79 Å². The molecule has 118 valence electrons. The number of benzene rings is 2. The second kappa shape index (κ2) is 5.93. The fourth-order valence-corrected chi connectivity index (χ4v) is 4.57. The maximum atomic E-state index is 12.2. The molecule has 2 aromatic carbocycles. The van der Waals surface area contributed by atoms with Crippen LogP contribution >= 0.6 is 0 Å². The highest BCUT2D eigenvalue weighted by atomic mass is 16.1. The van der Waals surface area contributed by atoms with Gasteiger partial charge in [-0.15, -0.1) is 0 Å². The molecule has 1 aliphatic heterocycles. The monoisotopic (exact) mass is 305 g/mol. The first kappa shape index (κ1) is 14.6. The Labute approximate surface area is 138 Å². The zero-order valence-electron chi connectivity index (χ0n) is 13.4. The van der Waals surface area contributed by atoms with Crippen molar-refractivity contribution in [2.75, 3.05) is 6.54 Å². The first-order valence-corrected chi connectivity index (χ1v) is 8.63. The second-order valence-electron chi connectivity index (χ2n) is 6.99. The molecule has 0 bridgehead atoms. The van der Waals surface area contributed by atoms with Crippen LogP contribution in [0.1, 0.15) is 36.8 Å².